The number of rotatable bonds is 5. The number of hydrogen-bond acceptors (Lipinski definition) is 5. The predicted octanol–water partition coefficient (Wildman–Crippen LogP) is 2.63. The number of benzene rings is 1. The van der Waals surface area contributed by atoms with Gasteiger partial charge in [-0.25, -0.2) is 9.59 Å². The third kappa shape index (κ3) is 3.77. The summed E-state index contributed by atoms with van der Waals surface area (Å²) >= 11 is 0. The second-order valence-corrected chi connectivity index (χ2v) is 5.90. The van der Waals surface area contributed by atoms with Gasteiger partial charge in [-0.05, 0) is 38.5 Å². The van der Waals surface area contributed by atoms with Gasteiger partial charge in [0.2, 0.25) is 0 Å². The van der Waals surface area contributed by atoms with Crippen LogP contribution in [-0.4, -0.2) is 43.1 Å². The smallest absolute Gasteiger partial charge is 0.355 e. The summed E-state index contributed by atoms with van der Waals surface area (Å²) in [5.74, 6) is -1.61. The van der Waals surface area contributed by atoms with Crippen LogP contribution in [0, 0.1) is 13.8 Å². The van der Waals surface area contributed by atoms with Crippen molar-refractivity contribution < 1.29 is 23.9 Å². The Bertz CT molecular complexity index is 826. The summed E-state index contributed by atoms with van der Waals surface area (Å²) in [7, 11) is 2.88. The Hall–Kier alpha value is -3.09. The van der Waals surface area contributed by atoms with Crippen molar-refractivity contribution in [2.24, 2.45) is 0 Å². The molecule has 0 spiro atoms. The van der Waals surface area contributed by atoms with Crippen LogP contribution in [0.5, 0.6) is 0 Å². The molecule has 1 amide bonds. The maximum Gasteiger partial charge on any atom is 0.355 e. The van der Waals surface area contributed by atoms with Gasteiger partial charge in [-0.3, -0.25) is 4.79 Å². The molecule has 1 N–H and O–H groups in total. The first kappa shape index (κ1) is 19.2. The third-order valence-corrected chi connectivity index (χ3v) is 4.14. The van der Waals surface area contributed by atoms with E-state index in [1.54, 1.807) is 33.0 Å². The number of H-pyrrole nitrogens is 1. The molecule has 2 aromatic rings. The van der Waals surface area contributed by atoms with Crippen LogP contribution in [0.15, 0.2) is 30.3 Å². The van der Waals surface area contributed by atoms with E-state index in [4.69, 9.17) is 9.47 Å². The summed E-state index contributed by atoms with van der Waals surface area (Å²) in [4.78, 5) is 41.0. The maximum absolute atomic E-state index is 12.5. The Balaban J connectivity index is 2.14. The molecular weight excluding hydrogens is 336 g/mol. The normalized spacial score (nSPS) is 11.6. The van der Waals surface area contributed by atoms with Crippen LogP contribution in [0.3, 0.4) is 0 Å². The highest BCUT2D eigenvalue weighted by Crippen LogP contribution is 2.20. The van der Waals surface area contributed by atoms with Crippen molar-refractivity contribution in [3.63, 3.8) is 0 Å². The van der Waals surface area contributed by atoms with Gasteiger partial charge < -0.3 is 19.4 Å². The highest BCUT2D eigenvalue weighted by molar-refractivity contribution is 6.01. The number of hydrogen-bond donors (Lipinski definition) is 1. The summed E-state index contributed by atoms with van der Waals surface area (Å²) in [6.45, 7) is 4.79. The molecule has 0 saturated carbocycles. The average molecular weight is 358 g/mol. The Labute approximate surface area is 151 Å². The molecule has 7 heteroatoms. The van der Waals surface area contributed by atoms with Crippen LogP contribution in [0.1, 0.15) is 39.0 Å². The maximum atomic E-state index is 12.5. The predicted molar refractivity (Wildman–Crippen MR) is 96.3 cm³/mol. The molecule has 2 rings (SSSR count). The zero-order chi connectivity index (χ0) is 19.4. The highest BCUT2D eigenvalue weighted by atomic mass is 16.5. The van der Waals surface area contributed by atoms with Gasteiger partial charge in [-0.15, -0.1) is 0 Å². The van der Waals surface area contributed by atoms with Crippen molar-refractivity contribution in [2.45, 2.75) is 26.9 Å². The van der Waals surface area contributed by atoms with Crippen LogP contribution in [0.4, 0.5) is 5.69 Å². The van der Waals surface area contributed by atoms with E-state index in [9.17, 15) is 14.4 Å². The third-order valence-electron chi connectivity index (χ3n) is 4.14. The van der Waals surface area contributed by atoms with Gasteiger partial charge in [0, 0.05) is 18.4 Å². The second kappa shape index (κ2) is 7.86. The lowest BCUT2D eigenvalue weighted by atomic mass is 10.1. The molecule has 0 saturated heterocycles. The zero-order valence-corrected chi connectivity index (χ0v) is 15.5. The minimum Gasteiger partial charge on any atom is -0.465 e. The minimum absolute atomic E-state index is 0.130. The fourth-order valence-corrected chi connectivity index (χ4v) is 2.68. The molecule has 0 radical (unpaired) electrons. The van der Waals surface area contributed by atoms with E-state index < -0.39 is 18.0 Å². The molecular formula is C19H22N2O5. The zero-order valence-electron chi connectivity index (χ0n) is 15.5. The van der Waals surface area contributed by atoms with Gasteiger partial charge in [-0.1, -0.05) is 18.2 Å². The fraction of sp³-hybridized carbons (Fsp3) is 0.316. The van der Waals surface area contributed by atoms with Gasteiger partial charge >= 0.3 is 11.9 Å². The molecule has 0 aliphatic rings. The summed E-state index contributed by atoms with van der Waals surface area (Å²) in [6.07, 6.45) is -0.989. The van der Waals surface area contributed by atoms with Crippen LogP contribution in [0.2, 0.25) is 0 Å². The molecule has 0 fully saturated rings. The van der Waals surface area contributed by atoms with Gasteiger partial charge in [0.1, 0.15) is 5.69 Å². The number of likely N-dealkylation sites (N-methyl/N-ethyl adjacent to an activating group) is 1. The largest absolute Gasteiger partial charge is 0.465 e. The van der Waals surface area contributed by atoms with Crippen LogP contribution >= 0.6 is 0 Å². The molecule has 1 heterocycles. The van der Waals surface area contributed by atoms with Crippen molar-refractivity contribution in [1.29, 1.82) is 0 Å². The molecule has 1 atom stereocenters. The Kier molecular flexibility index (Phi) is 5.82. The van der Waals surface area contributed by atoms with E-state index >= 15 is 0 Å². The fourth-order valence-electron chi connectivity index (χ4n) is 2.68. The van der Waals surface area contributed by atoms with E-state index in [0.717, 1.165) is 0 Å². The topological polar surface area (TPSA) is 88.7 Å². The van der Waals surface area contributed by atoms with E-state index in [1.807, 2.05) is 18.2 Å². The van der Waals surface area contributed by atoms with Crippen molar-refractivity contribution in [3.05, 3.63) is 52.8 Å². The van der Waals surface area contributed by atoms with Crippen LogP contribution in [-0.2, 0) is 14.3 Å². The Morgan fingerprint density at radius 1 is 1.08 bits per heavy atom. The van der Waals surface area contributed by atoms with Crippen molar-refractivity contribution in [3.8, 4) is 0 Å². The first-order chi connectivity index (χ1) is 12.3. The highest BCUT2D eigenvalue weighted by Gasteiger charge is 2.27. The molecule has 0 aliphatic carbocycles. The molecule has 0 unspecified atom stereocenters. The number of aromatic nitrogens is 1. The number of carbonyl (C=O) groups excluding carboxylic acids is 3. The van der Waals surface area contributed by atoms with E-state index in [0.29, 0.717) is 22.5 Å². The Morgan fingerprint density at radius 3 is 2.27 bits per heavy atom. The number of methoxy groups -OCH3 is 1. The summed E-state index contributed by atoms with van der Waals surface area (Å²) < 4.78 is 10.0. The monoisotopic (exact) mass is 358 g/mol. The summed E-state index contributed by atoms with van der Waals surface area (Å²) in [5.41, 5.74) is 2.04. The van der Waals surface area contributed by atoms with E-state index in [1.165, 1.54) is 18.9 Å². The number of ether oxygens (including phenoxy) is 2. The first-order valence-corrected chi connectivity index (χ1v) is 8.09. The molecule has 7 nitrogen and oxygen atoms in total. The first-order valence-electron chi connectivity index (χ1n) is 8.09. The standard InChI is InChI=1S/C19H22N2O5/c1-11-15(18(23)25-5)12(2)20-16(11)19(24)26-13(3)17(22)21(4)14-9-7-6-8-10-14/h6-10,13,20H,1-5H3/t13-/m1/s1. The number of amides is 1. The molecule has 0 aliphatic heterocycles. The summed E-state index contributed by atoms with van der Waals surface area (Å²) in [6, 6.07) is 9.05. The lowest BCUT2D eigenvalue weighted by molar-refractivity contribution is -0.126. The van der Waals surface area contributed by atoms with Gasteiger partial charge in [0.15, 0.2) is 6.10 Å². The Morgan fingerprint density at radius 2 is 1.69 bits per heavy atom. The number of carbonyl (C=O) groups is 3. The van der Waals surface area contributed by atoms with Gasteiger partial charge in [0.25, 0.3) is 5.91 Å². The van der Waals surface area contributed by atoms with E-state index in [2.05, 4.69) is 4.98 Å². The molecule has 138 valence electrons. The number of aromatic amines is 1. The average Bonchev–Trinajstić information content (AvgIpc) is 2.94. The number of anilines is 1. The minimum atomic E-state index is -0.989. The van der Waals surface area contributed by atoms with Crippen LogP contribution < -0.4 is 4.90 Å². The van der Waals surface area contributed by atoms with Crippen molar-refractivity contribution >= 4 is 23.5 Å². The molecule has 1 aromatic carbocycles. The molecule has 26 heavy (non-hydrogen) atoms. The number of para-hydroxylation sites is 1. The molecule has 1 aromatic heterocycles. The molecule has 0 bridgehead atoms. The van der Waals surface area contributed by atoms with Gasteiger partial charge in [-0.2, -0.15) is 0 Å². The number of aryl methyl sites for hydroxylation is 1. The van der Waals surface area contributed by atoms with E-state index in [-0.39, 0.29) is 11.6 Å². The lowest BCUT2D eigenvalue weighted by Crippen LogP contribution is -2.37. The number of nitrogens with zero attached hydrogens (tertiary/aromatic N) is 1. The lowest BCUT2D eigenvalue weighted by Gasteiger charge is -2.21. The summed E-state index contributed by atoms with van der Waals surface area (Å²) in [5, 5.41) is 0. The number of esters is 2. The van der Waals surface area contributed by atoms with Crippen LogP contribution in [0.25, 0.3) is 0 Å². The quantitative estimate of drug-likeness (QED) is 0.830. The second-order valence-electron chi connectivity index (χ2n) is 5.90. The number of nitrogens with one attached hydrogen (secondary N) is 1. The SMILES string of the molecule is COC(=O)c1c(C)[nH]c(C(=O)O[C@H](C)C(=O)N(C)c2ccccc2)c1C. The van der Waals surface area contributed by atoms with Crippen molar-refractivity contribution in [1.82, 2.24) is 4.98 Å². The van der Waals surface area contributed by atoms with Crippen molar-refractivity contribution in [2.75, 3.05) is 19.1 Å². The van der Waals surface area contributed by atoms with Gasteiger partial charge in [0.05, 0.1) is 12.7 Å².